The van der Waals surface area contributed by atoms with E-state index < -0.39 is 6.09 Å². The number of benzene rings is 2. The van der Waals surface area contributed by atoms with Crippen molar-refractivity contribution >= 4 is 40.4 Å². The number of nitrogens with zero attached hydrogens (tertiary/aromatic N) is 4. The standard InChI is InChI=1S/C32H42N6O6/c1-5-44-32(40)35-25-7-6-21(2)18-24(25)30(39)33-11-8-22-9-12-37(13-10-22)29-23-19-27(41-3)28(42-4)20-26(23)34-31(36-29)38-14-16-43-17-15-38/h6-7,18-20,22H,5,8-17H2,1-4H3,(H,33,39)(H,35,40). The van der Waals surface area contributed by atoms with Gasteiger partial charge in [0.05, 0.1) is 50.8 Å². The summed E-state index contributed by atoms with van der Waals surface area (Å²) in [6.45, 7) is 8.92. The van der Waals surface area contributed by atoms with E-state index in [9.17, 15) is 9.59 Å². The van der Waals surface area contributed by atoms with Crippen molar-refractivity contribution in [1.82, 2.24) is 15.3 Å². The van der Waals surface area contributed by atoms with Gasteiger partial charge in [-0.1, -0.05) is 11.6 Å². The molecule has 0 aliphatic carbocycles. The third-order valence-electron chi connectivity index (χ3n) is 8.15. The van der Waals surface area contributed by atoms with Crippen molar-refractivity contribution in [2.75, 3.05) is 81.9 Å². The number of carbonyl (C=O) groups is 2. The highest BCUT2D eigenvalue weighted by molar-refractivity contribution is 6.02. The first-order valence-electron chi connectivity index (χ1n) is 15.2. The Morgan fingerprint density at radius 3 is 2.41 bits per heavy atom. The Balaban J connectivity index is 1.24. The minimum atomic E-state index is -0.580. The van der Waals surface area contributed by atoms with Crippen molar-refractivity contribution in [3.63, 3.8) is 0 Å². The molecule has 236 valence electrons. The van der Waals surface area contributed by atoms with E-state index >= 15 is 0 Å². The molecule has 2 aliphatic rings. The number of hydrogen-bond acceptors (Lipinski definition) is 10. The number of morpholine rings is 1. The van der Waals surface area contributed by atoms with E-state index in [-0.39, 0.29) is 12.5 Å². The Hall–Kier alpha value is -4.32. The maximum atomic E-state index is 13.1. The van der Waals surface area contributed by atoms with Crippen molar-refractivity contribution in [3.8, 4) is 11.5 Å². The maximum absolute atomic E-state index is 13.1. The predicted molar refractivity (Wildman–Crippen MR) is 169 cm³/mol. The zero-order valence-corrected chi connectivity index (χ0v) is 26.0. The van der Waals surface area contributed by atoms with Gasteiger partial charge in [-0.3, -0.25) is 10.1 Å². The molecule has 0 radical (unpaired) electrons. The van der Waals surface area contributed by atoms with Crippen LogP contribution in [-0.4, -0.2) is 88.7 Å². The summed E-state index contributed by atoms with van der Waals surface area (Å²) in [6, 6.07) is 9.23. The topological polar surface area (TPSA) is 127 Å². The fourth-order valence-corrected chi connectivity index (χ4v) is 5.72. The van der Waals surface area contributed by atoms with Crippen LogP contribution in [-0.2, 0) is 9.47 Å². The van der Waals surface area contributed by atoms with Gasteiger partial charge in [0.15, 0.2) is 11.5 Å². The summed E-state index contributed by atoms with van der Waals surface area (Å²) >= 11 is 0. The van der Waals surface area contributed by atoms with Gasteiger partial charge in [0.2, 0.25) is 5.95 Å². The number of ether oxygens (including phenoxy) is 4. The molecule has 2 amide bonds. The number of methoxy groups -OCH3 is 2. The summed E-state index contributed by atoms with van der Waals surface area (Å²) in [5, 5.41) is 6.64. The number of amides is 2. The molecule has 2 N–H and O–H groups in total. The zero-order chi connectivity index (χ0) is 31.1. The van der Waals surface area contributed by atoms with Gasteiger partial charge < -0.3 is 34.1 Å². The smallest absolute Gasteiger partial charge is 0.411 e. The van der Waals surface area contributed by atoms with Gasteiger partial charge >= 0.3 is 6.09 Å². The van der Waals surface area contributed by atoms with Crippen molar-refractivity contribution < 1.29 is 28.5 Å². The number of piperidine rings is 1. The Bertz CT molecular complexity index is 1470. The van der Waals surface area contributed by atoms with Crippen LogP contribution in [0.15, 0.2) is 30.3 Å². The number of aromatic nitrogens is 2. The van der Waals surface area contributed by atoms with E-state index in [0.29, 0.717) is 54.4 Å². The van der Waals surface area contributed by atoms with Crippen LogP contribution in [0.5, 0.6) is 11.5 Å². The van der Waals surface area contributed by atoms with E-state index in [2.05, 4.69) is 20.4 Å². The SMILES string of the molecule is CCOC(=O)Nc1ccc(C)cc1C(=O)NCCC1CCN(c2nc(N3CCOCC3)nc3cc(OC)c(OC)cc23)CC1. The summed E-state index contributed by atoms with van der Waals surface area (Å²) in [7, 11) is 3.26. The third-order valence-corrected chi connectivity index (χ3v) is 8.15. The minimum Gasteiger partial charge on any atom is -0.493 e. The van der Waals surface area contributed by atoms with Crippen LogP contribution in [0.3, 0.4) is 0 Å². The van der Waals surface area contributed by atoms with Gasteiger partial charge in [0, 0.05) is 44.2 Å². The lowest BCUT2D eigenvalue weighted by Gasteiger charge is -2.34. The summed E-state index contributed by atoms with van der Waals surface area (Å²) in [4.78, 5) is 39.5. The van der Waals surface area contributed by atoms with Gasteiger partial charge in [0.25, 0.3) is 5.91 Å². The number of hydrogen-bond donors (Lipinski definition) is 2. The first-order chi connectivity index (χ1) is 21.4. The lowest BCUT2D eigenvalue weighted by Crippen LogP contribution is -2.39. The second-order valence-electron chi connectivity index (χ2n) is 11.0. The quantitative estimate of drug-likeness (QED) is 0.343. The van der Waals surface area contributed by atoms with Gasteiger partial charge in [-0.15, -0.1) is 0 Å². The molecule has 0 saturated carbocycles. The van der Waals surface area contributed by atoms with E-state index in [1.54, 1.807) is 33.3 Å². The van der Waals surface area contributed by atoms with E-state index in [1.165, 1.54) is 0 Å². The number of nitrogens with one attached hydrogen (secondary N) is 2. The Morgan fingerprint density at radius 1 is 0.977 bits per heavy atom. The maximum Gasteiger partial charge on any atom is 0.411 e. The number of fused-ring (bicyclic) bond motifs is 1. The molecule has 12 nitrogen and oxygen atoms in total. The van der Waals surface area contributed by atoms with Crippen molar-refractivity contribution in [3.05, 3.63) is 41.5 Å². The number of anilines is 3. The van der Waals surface area contributed by atoms with Crippen molar-refractivity contribution in [2.45, 2.75) is 33.1 Å². The number of rotatable bonds is 10. The van der Waals surface area contributed by atoms with Crippen LogP contribution in [0.2, 0.25) is 0 Å². The molecular weight excluding hydrogens is 564 g/mol. The van der Waals surface area contributed by atoms with Crippen LogP contribution >= 0.6 is 0 Å². The lowest BCUT2D eigenvalue weighted by atomic mass is 9.93. The number of carbonyl (C=O) groups excluding carboxylic acids is 2. The van der Waals surface area contributed by atoms with Crippen LogP contribution in [0.1, 0.15) is 42.1 Å². The van der Waals surface area contributed by atoms with Crippen LogP contribution in [0, 0.1) is 12.8 Å². The molecule has 0 atom stereocenters. The average molecular weight is 607 g/mol. The predicted octanol–water partition coefficient (Wildman–Crippen LogP) is 4.40. The van der Waals surface area contributed by atoms with Crippen LogP contribution in [0.4, 0.5) is 22.2 Å². The molecule has 2 fully saturated rings. The fourth-order valence-electron chi connectivity index (χ4n) is 5.72. The molecule has 2 saturated heterocycles. The van der Waals surface area contributed by atoms with E-state index in [1.807, 2.05) is 25.1 Å². The second kappa shape index (κ2) is 14.4. The van der Waals surface area contributed by atoms with Gasteiger partial charge in [-0.25, -0.2) is 9.78 Å². The lowest BCUT2D eigenvalue weighted by molar-refractivity contribution is 0.0951. The molecule has 2 aliphatic heterocycles. The van der Waals surface area contributed by atoms with E-state index in [4.69, 9.17) is 28.9 Å². The summed E-state index contributed by atoms with van der Waals surface area (Å²) < 4.78 is 21.7. The van der Waals surface area contributed by atoms with Crippen molar-refractivity contribution in [1.29, 1.82) is 0 Å². The molecule has 0 bridgehead atoms. The zero-order valence-electron chi connectivity index (χ0n) is 26.0. The Morgan fingerprint density at radius 2 is 1.70 bits per heavy atom. The van der Waals surface area contributed by atoms with Gasteiger partial charge in [-0.2, -0.15) is 4.98 Å². The third kappa shape index (κ3) is 7.24. The van der Waals surface area contributed by atoms with E-state index in [0.717, 1.165) is 67.7 Å². The molecule has 2 aromatic carbocycles. The van der Waals surface area contributed by atoms with Crippen LogP contribution < -0.4 is 29.9 Å². The molecule has 3 aromatic rings. The molecule has 12 heteroatoms. The largest absolute Gasteiger partial charge is 0.493 e. The highest BCUT2D eigenvalue weighted by Crippen LogP contribution is 2.37. The Labute approximate surface area is 258 Å². The second-order valence-corrected chi connectivity index (χ2v) is 11.0. The highest BCUT2D eigenvalue weighted by atomic mass is 16.5. The Kier molecular flexibility index (Phi) is 10.2. The summed E-state index contributed by atoms with van der Waals surface area (Å²) in [5.41, 5.74) is 2.60. The van der Waals surface area contributed by atoms with Gasteiger partial charge in [-0.05, 0) is 57.2 Å². The van der Waals surface area contributed by atoms with Gasteiger partial charge in [0.1, 0.15) is 5.82 Å². The summed E-state index contributed by atoms with van der Waals surface area (Å²) in [6.07, 6.45) is 2.23. The fraction of sp³-hybridized carbons (Fsp3) is 0.500. The van der Waals surface area contributed by atoms with Crippen LogP contribution in [0.25, 0.3) is 10.9 Å². The molecule has 44 heavy (non-hydrogen) atoms. The first kappa shape index (κ1) is 31.1. The summed E-state index contributed by atoms with van der Waals surface area (Å²) in [5.74, 6) is 3.11. The average Bonchev–Trinajstić information content (AvgIpc) is 3.05. The monoisotopic (exact) mass is 606 g/mol. The molecule has 1 aromatic heterocycles. The highest BCUT2D eigenvalue weighted by Gasteiger charge is 2.25. The molecule has 3 heterocycles. The molecule has 5 rings (SSSR count). The molecular formula is C32H42N6O6. The first-order valence-corrected chi connectivity index (χ1v) is 15.2. The molecule has 0 unspecified atom stereocenters. The minimum absolute atomic E-state index is 0.217. The normalized spacial score (nSPS) is 15.6. The van der Waals surface area contributed by atoms with Crippen molar-refractivity contribution in [2.24, 2.45) is 5.92 Å². The number of aryl methyl sites for hydroxylation is 1. The molecule has 0 spiro atoms.